The van der Waals surface area contributed by atoms with Crippen LogP contribution in [-0.4, -0.2) is 25.0 Å². The highest BCUT2D eigenvalue weighted by Crippen LogP contribution is 2.17. The van der Waals surface area contributed by atoms with E-state index in [9.17, 15) is 4.79 Å². The van der Waals surface area contributed by atoms with Gasteiger partial charge in [0, 0.05) is 30.4 Å². The first-order chi connectivity index (χ1) is 8.45. The maximum Gasteiger partial charge on any atom is 0.251 e. The highest BCUT2D eigenvalue weighted by atomic mass is 16.1. The number of nitrogens with one attached hydrogen (secondary N) is 1. The van der Waals surface area contributed by atoms with Crippen LogP contribution < -0.4 is 10.2 Å². The predicted octanol–water partition coefficient (Wildman–Crippen LogP) is 3.06. The zero-order chi connectivity index (χ0) is 13.7. The average Bonchev–Trinajstić information content (AvgIpc) is 2.36. The van der Waals surface area contributed by atoms with Gasteiger partial charge in [0.2, 0.25) is 0 Å². The quantitative estimate of drug-likeness (QED) is 0.868. The van der Waals surface area contributed by atoms with Crippen molar-refractivity contribution in [1.82, 2.24) is 5.32 Å². The summed E-state index contributed by atoms with van der Waals surface area (Å²) < 4.78 is 0. The standard InChI is InChI=1S/C15H24N2O/c1-6-12(4)17(5)14-9-7-13(8-10-14)15(18)16-11(2)3/h7-12H,6H2,1-5H3,(H,16,18). The molecule has 0 aromatic heterocycles. The highest BCUT2D eigenvalue weighted by Gasteiger charge is 2.10. The van der Waals surface area contributed by atoms with Crippen molar-refractivity contribution < 1.29 is 4.79 Å². The van der Waals surface area contributed by atoms with E-state index in [1.54, 1.807) is 0 Å². The van der Waals surface area contributed by atoms with Crippen molar-refractivity contribution in [2.75, 3.05) is 11.9 Å². The van der Waals surface area contributed by atoms with E-state index >= 15 is 0 Å². The Hall–Kier alpha value is -1.51. The number of nitrogens with zero attached hydrogens (tertiary/aromatic N) is 1. The van der Waals surface area contributed by atoms with E-state index in [-0.39, 0.29) is 11.9 Å². The number of carbonyl (C=O) groups is 1. The molecule has 0 aliphatic carbocycles. The number of hydrogen-bond acceptors (Lipinski definition) is 2. The van der Waals surface area contributed by atoms with Crippen molar-refractivity contribution in [1.29, 1.82) is 0 Å². The van der Waals surface area contributed by atoms with E-state index < -0.39 is 0 Å². The topological polar surface area (TPSA) is 32.3 Å². The summed E-state index contributed by atoms with van der Waals surface area (Å²) >= 11 is 0. The molecule has 0 spiro atoms. The minimum Gasteiger partial charge on any atom is -0.372 e. The van der Waals surface area contributed by atoms with Gasteiger partial charge in [-0.2, -0.15) is 0 Å². The van der Waals surface area contributed by atoms with Gasteiger partial charge in [-0.3, -0.25) is 4.79 Å². The molecule has 0 aliphatic heterocycles. The Bertz CT molecular complexity index is 384. The van der Waals surface area contributed by atoms with Gasteiger partial charge in [-0.1, -0.05) is 6.92 Å². The van der Waals surface area contributed by atoms with Gasteiger partial charge in [-0.25, -0.2) is 0 Å². The second-order valence-corrected chi connectivity index (χ2v) is 5.04. The van der Waals surface area contributed by atoms with Gasteiger partial charge in [0.1, 0.15) is 0 Å². The lowest BCUT2D eigenvalue weighted by Crippen LogP contribution is -2.30. The van der Waals surface area contributed by atoms with Crippen LogP contribution in [0.5, 0.6) is 0 Å². The Kier molecular flexibility index (Phi) is 5.20. The lowest BCUT2D eigenvalue weighted by molar-refractivity contribution is 0.0943. The van der Waals surface area contributed by atoms with Crippen LogP contribution in [0.3, 0.4) is 0 Å². The van der Waals surface area contributed by atoms with Crippen LogP contribution in [0.25, 0.3) is 0 Å². The first-order valence-corrected chi connectivity index (χ1v) is 6.59. The molecule has 1 N–H and O–H groups in total. The van der Waals surface area contributed by atoms with Gasteiger partial charge in [0.15, 0.2) is 0 Å². The minimum atomic E-state index is -0.0113. The van der Waals surface area contributed by atoms with E-state index in [4.69, 9.17) is 0 Å². The molecule has 1 atom stereocenters. The van der Waals surface area contributed by atoms with Crippen molar-refractivity contribution in [3.8, 4) is 0 Å². The minimum absolute atomic E-state index is 0.0113. The molecule has 0 saturated heterocycles. The summed E-state index contributed by atoms with van der Waals surface area (Å²) in [6, 6.07) is 8.43. The fourth-order valence-electron chi connectivity index (χ4n) is 1.72. The summed E-state index contributed by atoms with van der Waals surface area (Å²) in [4.78, 5) is 14.0. The first kappa shape index (κ1) is 14.6. The average molecular weight is 248 g/mol. The molecule has 3 heteroatoms. The number of rotatable bonds is 5. The second-order valence-electron chi connectivity index (χ2n) is 5.04. The molecule has 100 valence electrons. The maximum atomic E-state index is 11.8. The third-order valence-electron chi connectivity index (χ3n) is 3.21. The van der Waals surface area contributed by atoms with E-state index in [0.717, 1.165) is 12.1 Å². The summed E-state index contributed by atoms with van der Waals surface area (Å²) in [5.74, 6) is -0.0113. The summed E-state index contributed by atoms with van der Waals surface area (Å²) in [6.45, 7) is 8.29. The van der Waals surface area contributed by atoms with Gasteiger partial charge >= 0.3 is 0 Å². The Balaban J connectivity index is 2.76. The molecule has 0 aliphatic rings. The molecule has 0 fully saturated rings. The molecule has 1 rings (SSSR count). The molecule has 0 saturated carbocycles. The lowest BCUT2D eigenvalue weighted by Gasteiger charge is -2.26. The molecule has 0 heterocycles. The van der Waals surface area contributed by atoms with Gasteiger partial charge in [0.05, 0.1) is 0 Å². The van der Waals surface area contributed by atoms with E-state index in [1.807, 2.05) is 38.1 Å². The second kappa shape index (κ2) is 6.43. The molecular formula is C15H24N2O. The summed E-state index contributed by atoms with van der Waals surface area (Å²) in [6.07, 6.45) is 1.10. The Morgan fingerprint density at radius 3 is 2.22 bits per heavy atom. The van der Waals surface area contributed by atoms with Crippen LogP contribution in [-0.2, 0) is 0 Å². The van der Waals surface area contributed by atoms with Crippen molar-refractivity contribution in [2.45, 2.75) is 46.2 Å². The fraction of sp³-hybridized carbons (Fsp3) is 0.533. The molecular weight excluding hydrogens is 224 g/mol. The molecule has 1 aromatic rings. The summed E-state index contributed by atoms with van der Waals surface area (Å²) in [5.41, 5.74) is 1.86. The molecule has 0 bridgehead atoms. The Labute approximate surface area is 110 Å². The van der Waals surface area contributed by atoms with Gasteiger partial charge < -0.3 is 10.2 Å². The van der Waals surface area contributed by atoms with Gasteiger partial charge in [0.25, 0.3) is 5.91 Å². The van der Waals surface area contributed by atoms with Crippen molar-refractivity contribution >= 4 is 11.6 Å². The Morgan fingerprint density at radius 1 is 1.22 bits per heavy atom. The van der Waals surface area contributed by atoms with Crippen LogP contribution in [0, 0.1) is 0 Å². The summed E-state index contributed by atoms with van der Waals surface area (Å²) in [5, 5.41) is 2.89. The normalized spacial score (nSPS) is 12.3. The van der Waals surface area contributed by atoms with E-state index in [1.165, 1.54) is 0 Å². The first-order valence-electron chi connectivity index (χ1n) is 6.59. The van der Waals surface area contributed by atoms with E-state index in [2.05, 4.69) is 31.1 Å². The monoisotopic (exact) mass is 248 g/mol. The highest BCUT2D eigenvalue weighted by molar-refractivity contribution is 5.94. The zero-order valence-electron chi connectivity index (χ0n) is 12.0. The third-order valence-corrected chi connectivity index (χ3v) is 3.21. The van der Waals surface area contributed by atoms with Crippen molar-refractivity contribution in [3.05, 3.63) is 29.8 Å². The van der Waals surface area contributed by atoms with Crippen LogP contribution in [0.4, 0.5) is 5.69 Å². The van der Waals surface area contributed by atoms with E-state index in [0.29, 0.717) is 11.6 Å². The molecule has 0 radical (unpaired) electrons. The number of anilines is 1. The molecule has 3 nitrogen and oxygen atoms in total. The number of carbonyl (C=O) groups excluding carboxylic acids is 1. The molecule has 1 aromatic carbocycles. The van der Waals surface area contributed by atoms with Crippen LogP contribution in [0.1, 0.15) is 44.5 Å². The smallest absolute Gasteiger partial charge is 0.251 e. The molecule has 1 amide bonds. The number of hydrogen-bond donors (Lipinski definition) is 1. The van der Waals surface area contributed by atoms with Crippen LogP contribution in [0.15, 0.2) is 24.3 Å². The fourth-order valence-corrected chi connectivity index (χ4v) is 1.72. The summed E-state index contributed by atoms with van der Waals surface area (Å²) in [7, 11) is 2.08. The number of benzene rings is 1. The van der Waals surface area contributed by atoms with Crippen molar-refractivity contribution in [2.24, 2.45) is 0 Å². The number of amides is 1. The zero-order valence-corrected chi connectivity index (χ0v) is 12.0. The maximum absolute atomic E-state index is 11.8. The van der Waals surface area contributed by atoms with Gasteiger partial charge in [-0.15, -0.1) is 0 Å². The van der Waals surface area contributed by atoms with Gasteiger partial charge in [-0.05, 0) is 51.5 Å². The molecule has 1 unspecified atom stereocenters. The van der Waals surface area contributed by atoms with Crippen LogP contribution >= 0.6 is 0 Å². The van der Waals surface area contributed by atoms with Crippen LogP contribution in [0.2, 0.25) is 0 Å². The lowest BCUT2D eigenvalue weighted by atomic mass is 10.1. The third kappa shape index (κ3) is 3.76. The predicted molar refractivity (Wildman–Crippen MR) is 77.2 cm³/mol. The van der Waals surface area contributed by atoms with Crippen molar-refractivity contribution in [3.63, 3.8) is 0 Å². The Morgan fingerprint density at radius 2 is 1.78 bits per heavy atom. The SMILES string of the molecule is CCC(C)N(C)c1ccc(C(=O)NC(C)C)cc1. The molecule has 18 heavy (non-hydrogen) atoms. The largest absolute Gasteiger partial charge is 0.372 e.